The topological polar surface area (TPSA) is 68.0 Å². The first-order chi connectivity index (χ1) is 9.70. The van der Waals surface area contributed by atoms with Crippen molar-refractivity contribution in [3.05, 3.63) is 23.8 Å². The first-order valence-corrected chi connectivity index (χ1v) is 7.29. The molecular weight excluding hydrogens is 254 g/mol. The van der Waals surface area contributed by atoms with Crippen LogP contribution >= 0.6 is 0 Å². The van der Waals surface area contributed by atoms with Crippen LogP contribution in [-0.4, -0.2) is 26.1 Å². The monoisotopic (exact) mass is 273 g/mol. The summed E-state index contributed by atoms with van der Waals surface area (Å²) in [4.78, 5) is 11.1. The molecule has 1 heterocycles. The maximum Gasteiger partial charge on any atom is 0.335 e. The SMILES string of the molecule is CCC1CCCCC1n1nnc2ccc(C(=O)O)cc21. The highest BCUT2D eigenvalue weighted by atomic mass is 16.4. The van der Waals surface area contributed by atoms with Gasteiger partial charge in [-0.2, -0.15) is 0 Å². The Morgan fingerprint density at radius 2 is 2.20 bits per heavy atom. The predicted molar refractivity (Wildman–Crippen MR) is 75.8 cm³/mol. The number of nitrogens with zero attached hydrogens (tertiary/aromatic N) is 3. The largest absolute Gasteiger partial charge is 0.478 e. The van der Waals surface area contributed by atoms with Gasteiger partial charge in [-0.3, -0.25) is 0 Å². The minimum atomic E-state index is -0.907. The van der Waals surface area contributed by atoms with Crippen LogP contribution in [0.1, 0.15) is 55.4 Å². The number of fused-ring (bicyclic) bond motifs is 1. The van der Waals surface area contributed by atoms with Crippen molar-refractivity contribution in [1.29, 1.82) is 0 Å². The Hall–Kier alpha value is -1.91. The summed E-state index contributed by atoms with van der Waals surface area (Å²) >= 11 is 0. The highest BCUT2D eigenvalue weighted by Crippen LogP contribution is 2.36. The molecule has 0 amide bonds. The molecule has 0 aliphatic heterocycles. The van der Waals surface area contributed by atoms with Crippen molar-refractivity contribution in [2.45, 2.75) is 45.1 Å². The fraction of sp³-hybridized carbons (Fsp3) is 0.533. The van der Waals surface area contributed by atoms with Crippen molar-refractivity contribution in [2.24, 2.45) is 5.92 Å². The van der Waals surface area contributed by atoms with Gasteiger partial charge in [0.2, 0.25) is 0 Å². The third-order valence-electron chi connectivity index (χ3n) is 4.43. The molecule has 1 saturated carbocycles. The zero-order valence-corrected chi connectivity index (χ0v) is 11.6. The van der Waals surface area contributed by atoms with Crippen LogP contribution in [-0.2, 0) is 0 Å². The molecular formula is C15H19N3O2. The van der Waals surface area contributed by atoms with Crippen molar-refractivity contribution in [1.82, 2.24) is 15.0 Å². The number of carboxylic acids is 1. The van der Waals surface area contributed by atoms with Crippen molar-refractivity contribution >= 4 is 17.0 Å². The standard InChI is InChI=1S/C15H19N3O2/c1-2-10-5-3-4-6-13(10)18-14-9-11(15(19)20)7-8-12(14)16-17-18/h7-10,13H,2-6H2,1H3,(H,19,20). The van der Waals surface area contributed by atoms with Gasteiger partial charge in [0.15, 0.2) is 0 Å². The molecule has 2 aromatic rings. The maximum atomic E-state index is 11.1. The predicted octanol–water partition coefficient (Wildman–Crippen LogP) is 3.27. The van der Waals surface area contributed by atoms with E-state index in [2.05, 4.69) is 17.2 Å². The molecule has 0 radical (unpaired) electrons. The minimum absolute atomic E-state index is 0.296. The first kappa shape index (κ1) is 13.1. The smallest absolute Gasteiger partial charge is 0.335 e. The molecule has 1 fully saturated rings. The lowest BCUT2D eigenvalue weighted by atomic mass is 9.83. The van der Waals surface area contributed by atoms with E-state index in [0.717, 1.165) is 23.9 Å². The van der Waals surface area contributed by atoms with E-state index in [4.69, 9.17) is 5.11 Å². The number of carboxylic acid groups (broad SMARTS) is 1. The van der Waals surface area contributed by atoms with E-state index in [0.29, 0.717) is 17.5 Å². The Balaban J connectivity index is 2.06. The van der Waals surface area contributed by atoms with Crippen molar-refractivity contribution in [3.8, 4) is 0 Å². The molecule has 3 rings (SSSR count). The van der Waals surface area contributed by atoms with E-state index in [1.165, 1.54) is 19.3 Å². The van der Waals surface area contributed by atoms with Crippen LogP contribution in [0, 0.1) is 5.92 Å². The van der Waals surface area contributed by atoms with Gasteiger partial charge in [0.25, 0.3) is 0 Å². The van der Waals surface area contributed by atoms with E-state index in [1.54, 1.807) is 18.2 Å². The summed E-state index contributed by atoms with van der Waals surface area (Å²) in [6.45, 7) is 2.21. The van der Waals surface area contributed by atoms with Crippen LogP contribution < -0.4 is 0 Å². The van der Waals surface area contributed by atoms with E-state index in [1.807, 2.05) is 4.68 Å². The molecule has 0 bridgehead atoms. The quantitative estimate of drug-likeness (QED) is 0.931. The Bertz CT molecular complexity index is 635. The summed E-state index contributed by atoms with van der Waals surface area (Å²) in [5.74, 6) is -0.294. The van der Waals surface area contributed by atoms with E-state index < -0.39 is 5.97 Å². The Morgan fingerprint density at radius 1 is 1.40 bits per heavy atom. The molecule has 20 heavy (non-hydrogen) atoms. The van der Waals surface area contributed by atoms with Gasteiger partial charge in [-0.15, -0.1) is 5.10 Å². The van der Waals surface area contributed by atoms with Crippen LogP contribution in [0.4, 0.5) is 0 Å². The third kappa shape index (κ3) is 2.17. The number of carbonyl (C=O) groups is 1. The first-order valence-electron chi connectivity index (χ1n) is 7.29. The number of hydrogen-bond acceptors (Lipinski definition) is 3. The van der Waals surface area contributed by atoms with Crippen molar-refractivity contribution in [3.63, 3.8) is 0 Å². The number of rotatable bonds is 3. The van der Waals surface area contributed by atoms with Crippen LogP contribution in [0.25, 0.3) is 11.0 Å². The minimum Gasteiger partial charge on any atom is -0.478 e. The number of benzene rings is 1. The van der Waals surface area contributed by atoms with Gasteiger partial charge in [-0.25, -0.2) is 9.48 Å². The summed E-state index contributed by atoms with van der Waals surface area (Å²) < 4.78 is 1.95. The maximum absolute atomic E-state index is 11.1. The summed E-state index contributed by atoms with van der Waals surface area (Å²) in [6, 6.07) is 5.37. The lowest BCUT2D eigenvalue weighted by Crippen LogP contribution is -2.23. The van der Waals surface area contributed by atoms with Gasteiger partial charge in [0, 0.05) is 0 Å². The molecule has 2 atom stereocenters. The lowest BCUT2D eigenvalue weighted by Gasteiger charge is -2.31. The van der Waals surface area contributed by atoms with Crippen LogP contribution in [0.2, 0.25) is 0 Å². The molecule has 1 aromatic carbocycles. The third-order valence-corrected chi connectivity index (χ3v) is 4.43. The second kappa shape index (κ2) is 5.23. The van der Waals surface area contributed by atoms with Gasteiger partial charge in [-0.05, 0) is 37.0 Å². The summed E-state index contributed by atoms with van der Waals surface area (Å²) in [7, 11) is 0. The normalized spacial score (nSPS) is 23.1. The zero-order valence-electron chi connectivity index (χ0n) is 11.6. The zero-order chi connectivity index (χ0) is 14.1. The Morgan fingerprint density at radius 3 is 2.95 bits per heavy atom. The van der Waals surface area contributed by atoms with E-state index in [9.17, 15) is 4.79 Å². The molecule has 1 aliphatic carbocycles. The molecule has 1 aliphatic rings. The van der Waals surface area contributed by atoms with Gasteiger partial charge in [0.05, 0.1) is 17.1 Å². The summed E-state index contributed by atoms with van der Waals surface area (Å²) in [5, 5.41) is 17.6. The molecule has 2 unspecified atom stereocenters. The molecule has 1 aromatic heterocycles. The van der Waals surface area contributed by atoms with Crippen LogP contribution in [0.15, 0.2) is 18.2 Å². The van der Waals surface area contributed by atoms with Crippen LogP contribution in [0.3, 0.4) is 0 Å². The highest BCUT2D eigenvalue weighted by Gasteiger charge is 2.27. The van der Waals surface area contributed by atoms with E-state index >= 15 is 0 Å². The van der Waals surface area contributed by atoms with Crippen molar-refractivity contribution in [2.75, 3.05) is 0 Å². The highest BCUT2D eigenvalue weighted by molar-refractivity contribution is 5.92. The van der Waals surface area contributed by atoms with Gasteiger partial charge in [0.1, 0.15) is 5.52 Å². The number of aromatic carboxylic acids is 1. The van der Waals surface area contributed by atoms with E-state index in [-0.39, 0.29) is 0 Å². The number of hydrogen-bond donors (Lipinski definition) is 1. The fourth-order valence-corrected chi connectivity index (χ4v) is 3.30. The fourth-order valence-electron chi connectivity index (χ4n) is 3.30. The van der Waals surface area contributed by atoms with Crippen molar-refractivity contribution < 1.29 is 9.90 Å². The second-order valence-electron chi connectivity index (χ2n) is 5.56. The van der Waals surface area contributed by atoms with Crippen LogP contribution in [0.5, 0.6) is 0 Å². The summed E-state index contributed by atoms with van der Waals surface area (Å²) in [6.07, 6.45) is 5.95. The molecule has 106 valence electrons. The number of aromatic nitrogens is 3. The molecule has 5 nitrogen and oxygen atoms in total. The van der Waals surface area contributed by atoms with Gasteiger partial charge in [-0.1, -0.05) is 31.4 Å². The van der Waals surface area contributed by atoms with Gasteiger partial charge < -0.3 is 5.11 Å². The van der Waals surface area contributed by atoms with Gasteiger partial charge >= 0.3 is 5.97 Å². The average molecular weight is 273 g/mol. The Labute approximate surface area is 117 Å². The molecule has 5 heteroatoms. The lowest BCUT2D eigenvalue weighted by molar-refractivity contribution is 0.0697. The average Bonchev–Trinajstić information content (AvgIpc) is 2.89. The Kier molecular flexibility index (Phi) is 3.42. The molecule has 1 N–H and O–H groups in total. The molecule has 0 saturated heterocycles. The summed E-state index contributed by atoms with van der Waals surface area (Å²) in [5.41, 5.74) is 1.91. The molecule has 0 spiro atoms. The second-order valence-corrected chi connectivity index (χ2v) is 5.56.